The van der Waals surface area contributed by atoms with Crippen LogP contribution in [-0.4, -0.2) is 65.3 Å². The third kappa shape index (κ3) is 9.67. The van der Waals surface area contributed by atoms with Crippen LogP contribution >= 0.6 is 0 Å². The highest BCUT2D eigenvalue weighted by Crippen LogP contribution is 2.02. The van der Waals surface area contributed by atoms with Gasteiger partial charge in [0, 0.05) is 0 Å². The Morgan fingerprint density at radius 3 is 1.94 bits per heavy atom. The Balaban J connectivity index is 2.65. The largest absolute Gasteiger partial charge is 0.480 e. The number of hydrogen-bond acceptors (Lipinski definition) is 7. The third-order valence-electron chi connectivity index (χ3n) is 4.14. The topological polar surface area (TPSA) is 237 Å². The van der Waals surface area contributed by atoms with E-state index in [1.54, 1.807) is 24.3 Å². The number of carboxylic acids is 1. The zero-order chi connectivity index (χ0) is 24.3. The van der Waals surface area contributed by atoms with Gasteiger partial charge >= 0.3 is 5.97 Å². The highest BCUT2D eigenvalue weighted by Gasteiger charge is 2.29. The number of aliphatic carboxylic acids is 1. The van der Waals surface area contributed by atoms with Crippen LogP contribution in [0.3, 0.4) is 0 Å². The molecule has 0 aromatic heterocycles. The van der Waals surface area contributed by atoms with E-state index < -0.39 is 73.0 Å². The summed E-state index contributed by atoms with van der Waals surface area (Å²) in [6.07, 6.45) is -1.12. The summed E-state index contributed by atoms with van der Waals surface area (Å²) in [5, 5.41) is 15.5. The van der Waals surface area contributed by atoms with Gasteiger partial charge in [-0.15, -0.1) is 0 Å². The van der Waals surface area contributed by atoms with Crippen molar-refractivity contribution in [3.05, 3.63) is 35.9 Å². The lowest BCUT2D eigenvalue weighted by Gasteiger charge is -2.20. The second-order valence-electron chi connectivity index (χ2n) is 6.87. The number of nitrogens with two attached hydrogens (primary N) is 3. The summed E-state index contributed by atoms with van der Waals surface area (Å²) in [6.45, 7) is -0.562. The van der Waals surface area contributed by atoms with Gasteiger partial charge in [-0.05, 0) is 12.0 Å². The normalized spacial score (nSPS) is 13.2. The van der Waals surface area contributed by atoms with Crippen LogP contribution in [0, 0.1) is 0 Å². The predicted octanol–water partition coefficient (Wildman–Crippen LogP) is -3.52. The van der Waals surface area contributed by atoms with Crippen LogP contribution in [0.25, 0.3) is 0 Å². The molecule has 0 radical (unpaired) electrons. The number of benzene rings is 1. The Hall–Kier alpha value is -4.00. The minimum atomic E-state index is -1.66. The lowest BCUT2D eigenvalue weighted by molar-refractivity contribution is -0.143. The van der Waals surface area contributed by atoms with Gasteiger partial charge in [0.15, 0.2) is 0 Å². The van der Waals surface area contributed by atoms with Crippen molar-refractivity contribution in [3.8, 4) is 0 Å². The average Bonchev–Trinajstić information content (AvgIpc) is 2.70. The molecule has 1 aromatic carbocycles. The van der Waals surface area contributed by atoms with Gasteiger partial charge in [-0.1, -0.05) is 30.3 Å². The van der Waals surface area contributed by atoms with E-state index >= 15 is 0 Å². The second kappa shape index (κ2) is 12.6. The summed E-state index contributed by atoms with van der Waals surface area (Å²) in [5.41, 5.74) is 16.6. The molecule has 5 amide bonds. The van der Waals surface area contributed by atoms with Crippen LogP contribution in [0.4, 0.5) is 0 Å². The molecule has 0 heterocycles. The molecule has 0 saturated heterocycles. The first-order valence-electron chi connectivity index (χ1n) is 9.46. The minimum absolute atomic E-state index is 0.234. The molecule has 13 heteroatoms. The van der Waals surface area contributed by atoms with E-state index in [1.165, 1.54) is 0 Å². The molecule has 174 valence electrons. The van der Waals surface area contributed by atoms with E-state index in [-0.39, 0.29) is 6.42 Å². The molecule has 1 rings (SSSR count). The fourth-order valence-corrected chi connectivity index (χ4v) is 2.59. The van der Waals surface area contributed by atoms with Crippen molar-refractivity contribution in [2.45, 2.75) is 37.4 Å². The Morgan fingerprint density at radius 2 is 1.41 bits per heavy atom. The van der Waals surface area contributed by atoms with Crippen molar-refractivity contribution in [2.24, 2.45) is 17.2 Å². The first-order chi connectivity index (χ1) is 15.0. The highest BCUT2D eigenvalue weighted by molar-refractivity contribution is 5.95. The smallest absolute Gasteiger partial charge is 0.326 e. The first-order valence-corrected chi connectivity index (χ1v) is 9.46. The molecule has 1 aromatic rings. The Labute approximate surface area is 183 Å². The van der Waals surface area contributed by atoms with E-state index in [2.05, 4.69) is 10.6 Å². The number of carbonyl (C=O) groups excluding carboxylic acids is 5. The van der Waals surface area contributed by atoms with Crippen molar-refractivity contribution in [1.29, 1.82) is 0 Å². The van der Waals surface area contributed by atoms with Crippen LogP contribution in [0.1, 0.15) is 18.4 Å². The number of hydrogen-bond donors (Lipinski definition) is 7. The summed E-state index contributed by atoms with van der Waals surface area (Å²) in [6, 6.07) is 4.83. The summed E-state index contributed by atoms with van der Waals surface area (Å²) in [5.74, 6) is -6.02. The SMILES string of the molecule is NC(=O)CC(NC(=O)C(CC(N)=O)NC(=O)CNC(=O)C(N)Cc1ccccc1)C(=O)O. The van der Waals surface area contributed by atoms with Gasteiger partial charge in [-0.2, -0.15) is 0 Å². The molecule has 3 unspecified atom stereocenters. The maximum atomic E-state index is 12.3. The Kier molecular flexibility index (Phi) is 10.3. The fourth-order valence-electron chi connectivity index (χ4n) is 2.59. The van der Waals surface area contributed by atoms with E-state index in [0.717, 1.165) is 5.56 Å². The minimum Gasteiger partial charge on any atom is -0.480 e. The summed E-state index contributed by atoms with van der Waals surface area (Å²) >= 11 is 0. The fraction of sp³-hybridized carbons (Fsp3) is 0.368. The molecule has 13 nitrogen and oxygen atoms in total. The van der Waals surface area contributed by atoms with Crippen LogP contribution in [0.15, 0.2) is 30.3 Å². The summed E-state index contributed by atoms with van der Waals surface area (Å²) in [4.78, 5) is 69.9. The molecular formula is C19H26N6O7. The van der Waals surface area contributed by atoms with Gasteiger partial charge in [0.25, 0.3) is 0 Å². The zero-order valence-electron chi connectivity index (χ0n) is 17.1. The molecule has 0 aliphatic rings. The summed E-state index contributed by atoms with van der Waals surface area (Å²) < 4.78 is 0. The molecule has 3 atom stereocenters. The van der Waals surface area contributed by atoms with E-state index in [1.807, 2.05) is 11.4 Å². The van der Waals surface area contributed by atoms with Crippen LogP contribution in [0.5, 0.6) is 0 Å². The molecule has 0 fully saturated rings. The zero-order valence-corrected chi connectivity index (χ0v) is 17.1. The van der Waals surface area contributed by atoms with Crippen molar-refractivity contribution in [1.82, 2.24) is 16.0 Å². The molecule has 10 N–H and O–H groups in total. The van der Waals surface area contributed by atoms with Gasteiger partial charge < -0.3 is 38.3 Å². The summed E-state index contributed by atoms with van der Waals surface area (Å²) in [7, 11) is 0. The van der Waals surface area contributed by atoms with Crippen molar-refractivity contribution in [3.63, 3.8) is 0 Å². The van der Waals surface area contributed by atoms with Gasteiger partial charge in [0.05, 0.1) is 25.4 Å². The molecule has 0 saturated carbocycles. The van der Waals surface area contributed by atoms with Crippen LogP contribution in [0.2, 0.25) is 0 Å². The van der Waals surface area contributed by atoms with Crippen molar-refractivity contribution in [2.75, 3.05) is 6.54 Å². The Bertz CT molecular complexity index is 861. The number of primary amides is 2. The Morgan fingerprint density at radius 1 is 0.844 bits per heavy atom. The van der Waals surface area contributed by atoms with Gasteiger partial charge in [-0.25, -0.2) is 4.79 Å². The highest BCUT2D eigenvalue weighted by atomic mass is 16.4. The molecule has 0 aliphatic heterocycles. The number of nitrogens with one attached hydrogen (secondary N) is 3. The van der Waals surface area contributed by atoms with Crippen LogP contribution < -0.4 is 33.2 Å². The van der Waals surface area contributed by atoms with E-state index in [9.17, 15) is 28.8 Å². The lowest BCUT2D eigenvalue weighted by Crippen LogP contribution is -2.55. The quantitative estimate of drug-likeness (QED) is 0.158. The monoisotopic (exact) mass is 450 g/mol. The molecule has 0 spiro atoms. The number of carboxylic acid groups (broad SMARTS) is 1. The molecular weight excluding hydrogens is 424 g/mol. The first kappa shape index (κ1) is 26.0. The maximum absolute atomic E-state index is 12.3. The lowest BCUT2D eigenvalue weighted by atomic mass is 10.1. The van der Waals surface area contributed by atoms with Crippen molar-refractivity contribution < 1.29 is 33.9 Å². The van der Waals surface area contributed by atoms with E-state index in [4.69, 9.17) is 22.3 Å². The molecule has 32 heavy (non-hydrogen) atoms. The standard InChI is InChI=1S/C19H26N6O7/c20-11(6-10-4-2-1-3-5-10)17(29)23-9-16(28)24-12(7-14(21)26)18(30)25-13(19(31)32)8-15(22)27/h1-5,11-13H,6-9,20H2,(H2,21,26)(H2,22,27)(H,23,29)(H,24,28)(H,25,30)(H,31,32). The average molecular weight is 450 g/mol. The van der Waals surface area contributed by atoms with Gasteiger partial charge in [0.2, 0.25) is 29.5 Å². The van der Waals surface area contributed by atoms with Gasteiger partial charge in [-0.3, -0.25) is 24.0 Å². The number of carbonyl (C=O) groups is 6. The van der Waals surface area contributed by atoms with Crippen LogP contribution in [-0.2, 0) is 35.2 Å². The van der Waals surface area contributed by atoms with Crippen molar-refractivity contribution >= 4 is 35.5 Å². The number of rotatable bonds is 13. The van der Waals surface area contributed by atoms with E-state index in [0.29, 0.717) is 0 Å². The number of amides is 5. The molecule has 0 bridgehead atoms. The molecule has 0 aliphatic carbocycles. The maximum Gasteiger partial charge on any atom is 0.326 e. The third-order valence-corrected chi connectivity index (χ3v) is 4.14. The second-order valence-corrected chi connectivity index (χ2v) is 6.87. The van der Waals surface area contributed by atoms with Gasteiger partial charge in [0.1, 0.15) is 12.1 Å². The predicted molar refractivity (Wildman–Crippen MR) is 110 cm³/mol.